The van der Waals surface area contributed by atoms with Crippen LogP contribution in [0.25, 0.3) is 0 Å². The van der Waals surface area contributed by atoms with Gasteiger partial charge in [-0.3, -0.25) is 4.68 Å². The van der Waals surface area contributed by atoms with Crippen LogP contribution in [0.3, 0.4) is 0 Å². The Morgan fingerprint density at radius 3 is 2.79 bits per heavy atom. The molecule has 1 aromatic heterocycles. The average Bonchev–Trinajstić information content (AvgIpc) is 3.25. The van der Waals surface area contributed by atoms with Gasteiger partial charge in [-0.1, -0.05) is 42.5 Å². The molecule has 0 saturated heterocycles. The van der Waals surface area contributed by atoms with Crippen LogP contribution in [0.15, 0.2) is 60.9 Å². The Kier molecular flexibility index (Phi) is 4.30. The number of benzene rings is 2. The van der Waals surface area contributed by atoms with Crippen molar-refractivity contribution in [1.29, 1.82) is 0 Å². The minimum Gasteiger partial charge on any atom is -0.493 e. The molecular formula is C20H21N3O. The number of fused-ring (bicyclic) bond motifs is 1. The summed E-state index contributed by atoms with van der Waals surface area (Å²) in [7, 11) is 0. The number of ether oxygens (including phenoxy) is 1. The van der Waals surface area contributed by atoms with Gasteiger partial charge in [-0.05, 0) is 22.8 Å². The number of nitrogens with zero attached hydrogens (tertiary/aromatic N) is 2. The van der Waals surface area contributed by atoms with Crippen molar-refractivity contribution in [2.45, 2.75) is 26.1 Å². The summed E-state index contributed by atoms with van der Waals surface area (Å²) in [6.07, 6.45) is 5.07. The quantitative estimate of drug-likeness (QED) is 0.758. The molecule has 0 aliphatic carbocycles. The first-order valence-electron chi connectivity index (χ1n) is 8.37. The first-order valence-corrected chi connectivity index (χ1v) is 8.37. The third kappa shape index (κ3) is 3.49. The monoisotopic (exact) mass is 319 g/mol. The summed E-state index contributed by atoms with van der Waals surface area (Å²) in [5, 5.41) is 7.94. The molecule has 0 spiro atoms. The molecule has 2 heterocycles. The van der Waals surface area contributed by atoms with E-state index >= 15 is 0 Å². The molecule has 0 amide bonds. The van der Waals surface area contributed by atoms with Crippen molar-refractivity contribution in [2.75, 3.05) is 6.61 Å². The second kappa shape index (κ2) is 6.89. The Bertz CT molecular complexity index is 811. The van der Waals surface area contributed by atoms with Crippen molar-refractivity contribution in [3.05, 3.63) is 83.2 Å². The summed E-state index contributed by atoms with van der Waals surface area (Å²) in [4.78, 5) is 0. The van der Waals surface area contributed by atoms with E-state index in [0.29, 0.717) is 0 Å². The first kappa shape index (κ1) is 15.0. The molecule has 4 nitrogen and oxygen atoms in total. The fourth-order valence-electron chi connectivity index (χ4n) is 3.06. The van der Waals surface area contributed by atoms with Crippen LogP contribution in [0.4, 0.5) is 0 Å². The predicted octanol–water partition coefficient (Wildman–Crippen LogP) is 3.16. The summed E-state index contributed by atoms with van der Waals surface area (Å²) >= 11 is 0. The zero-order valence-corrected chi connectivity index (χ0v) is 13.6. The third-order valence-corrected chi connectivity index (χ3v) is 4.29. The highest BCUT2D eigenvalue weighted by molar-refractivity contribution is 5.39. The van der Waals surface area contributed by atoms with Crippen LogP contribution in [0.2, 0.25) is 0 Å². The smallest absolute Gasteiger partial charge is 0.122 e. The standard InChI is InChI=1S/C20H21N3O/c1-2-4-16(5-3-1)14-23-15-18(13-22-23)12-21-11-17-6-7-20-19(10-17)8-9-24-20/h1-7,10,13,15,21H,8-9,11-12,14H2. The van der Waals surface area contributed by atoms with Crippen LogP contribution in [0.1, 0.15) is 22.3 Å². The summed E-state index contributed by atoms with van der Waals surface area (Å²) in [5.74, 6) is 1.04. The SMILES string of the molecule is c1ccc(Cn2cc(CNCc3ccc4c(c3)CCO4)cn2)cc1. The van der Waals surface area contributed by atoms with Gasteiger partial charge in [0, 0.05) is 31.3 Å². The van der Waals surface area contributed by atoms with Crippen LogP contribution in [0, 0.1) is 0 Å². The summed E-state index contributed by atoms with van der Waals surface area (Å²) < 4.78 is 7.53. The second-order valence-corrected chi connectivity index (χ2v) is 6.18. The lowest BCUT2D eigenvalue weighted by atomic mass is 10.1. The molecule has 1 aliphatic heterocycles. The Balaban J connectivity index is 1.30. The molecule has 122 valence electrons. The summed E-state index contributed by atoms with van der Waals surface area (Å²) in [5.41, 5.74) is 5.09. The lowest BCUT2D eigenvalue weighted by Gasteiger charge is -2.05. The maximum atomic E-state index is 5.55. The fourth-order valence-corrected chi connectivity index (χ4v) is 3.06. The molecule has 0 fully saturated rings. The Labute approximate surface area is 142 Å². The van der Waals surface area contributed by atoms with Gasteiger partial charge in [0.2, 0.25) is 0 Å². The lowest BCUT2D eigenvalue weighted by Crippen LogP contribution is -2.12. The number of hydrogen-bond donors (Lipinski definition) is 1. The molecule has 4 rings (SSSR count). The van der Waals surface area contributed by atoms with E-state index in [1.807, 2.05) is 16.9 Å². The normalized spacial score (nSPS) is 12.8. The van der Waals surface area contributed by atoms with Gasteiger partial charge in [0.25, 0.3) is 0 Å². The number of nitrogens with one attached hydrogen (secondary N) is 1. The van der Waals surface area contributed by atoms with Crippen molar-refractivity contribution in [1.82, 2.24) is 15.1 Å². The molecule has 0 atom stereocenters. The maximum Gasteiger partial charge on any atom is 0.122 e. The van der Waals surface area contributed by atoms with Gasteiger partial charge in [-0.15, -0.1) is 0 Å². The van der Waals surface area contributed by atoms with Crippen molar-refractivity contribution in [3.63, 3.8) is 0 Å². The van der Waals surface area contributed by atoms with Crippen molar-refractivity contribution < 1.29 is 4.74 Å². The minimum atomic E-state index is 0.811. The Morgan fingerprint density at radius 1 is 1.00 bits per heavy atom. The van der Waals surface area contributed by atoms with Gasteiger partial charge in [-0.2, -0.15) is 5.10 Å². The summed E-state index contributed by atoms with van der Waals surface area (Å²) in [6.45, 7) is 3.30. The van der Waals surface area contributed by atoms with Gasteiger partial charge in [0.1, 0.15) is 5.75 Å². The Morgan fingerprint density at radius 2 is 1.88 bits per heavy atom. The molecule has 2 aromatic carbocycles. The van der Waals surface area contributed by atoms with E-state index in [2.05, 4.69) is 59.1 Å². The maximum absolute atomic E-state index is 5.55. The zero-order chi connectivity index (χ0) is 16.2. The number of aromatic nitrogens is 2. The van der Waals surface area contributed by atoms with E-state index in [4.69, 9.17) is 4.74 Å². The average molecular weight is 319 g/mol. The van der Waals surface area contributed by atoms with Gasteiger partial charge < -0.3 is 10.1 Å². The highest BCUT2D eigenvalue weighted by Gasteiger charge is 2.11. The minimum absolute atomic E-state index is 0.811. The molecular weight excluding hydrogens is 298 g/mol. The van der Waals surface area contributed by atoms with E-state index in [1.165, 1.54) is 22.3 Å². The molecule has 1 aliphatic rings. The van der Waals surface area contributed by atoms with Crippen molar-refractivity contribution in [2.24, 2.45) is 0 Å². The van der Waals surface area contributed by atoms with Gasteiger partial charge in [0.05, 0.1) is 19.3 Å². The molecule has 24 heavy (non-hydrogen) atoms. The van der Waals surface area contributed by atoms with Crippen molar-refractivity contribution in [3.8, 4) is 5.75 Å². The van der Waals surface area contributed by atoms with E-state index < -0.39 is 0 Å². The van der Waals surface area contributed by atoms with E-state index in [-0.39, 0.29) is 0 Å². The van der Waals surface area contributed by atoms with Crippen LogP contribution >= 0.6 is 0 Å². The molecule has 0 radical (unpaired) electrons. The highest BCUT2D eigenvalue weighted by atomic mass is 16.5. The third-order valence-electron chi connectivity index (χ3n) is 4.29. The first-order chi connectivity index (χ1) is 11.9. The zero-order valence-electron chi connectivity index (χ0n) is 13.6. The molecule has 1 N–H and O–H groups in total. The van der Waals surface area contributed by atoms with E-state index in [1.54, 1.807) is 0 Å². The van der Waals surface area contributed by atoms with Crippen LogP contribution in [-0.4, -0.2) is 16.4 Å². The molecule has 0 saturated carbocycles. The van der Waals surface area contributed by atoms with Crippen LogP contribution < -0.4 is 10.1 Å². The second-order valence-electron chi connectivity index (χ2n) is 6.18. The van der Waals surface area contributed by atoms with Crippen LogP contribution in [0.5, 0.6) is 5.75 Å². The number of hydrogen-bond acceptors (Lipinski definition) is 3. The predicted molar refractivity (Wildman–Crippen MR) is 94.0 cm³/mol. The van der Waals surface area contributed by atoms with Gasteiger partial charge in [-0.25, -0.2) is 0 Å². The van der Waals surface area contributed by atoms with E-state index in [0.717, 1.165) is 38.4 Å². The molecule has 0 bridgehead atoms. The highest BCUT2D eigenvalue weighted by Crippen LogP contribution is 2.25. The molecule has 0 unspecified atom stereocenters. The van der Waals surface area contributed by atoms with Crippen LogP contribution in [-0.2, 0) is 26.1 Å². The lowest BCUT2D eigenvalue weighted by molar-refractivity contribution is 0.357. The molecule has 4 heteroatoms. The topological polar surface area (TPSA) is 39.1 Å². The fraction of sp³-hybridized carbons (Fsp3) is 0.250. The number of rotatable bonds is 6. The van der Waals surface area contributed by atoms with Crippen molar-refractivity contribution >= 4 is 0 Å². The molecule has 3 aromatic rings. The Hall–Kier alpha value is -2.59. The van der Waals surface area contributed by atoms with Gasteiger partial charge >= 0.3 is 0 Å². The van der Waals surface area contributed by atoms with E-state index in [9.17, 15) is 0 Å². The largest absolute Gasteiger partial charge is 0.493 e. The summed E-state index contributed by atoms with van der Waals surface area (Å²) in [6, 6.07) is 16.9. The van der Waals surface area contributed by atoms with Gasteiger partial charge in [0.15, 0.2) is 0 Å².